The van der Waals surface area contributed by atoms with Gasteiger partial charge < -0.3 is 5.32 Å². The number of benzene rings is 2. The minimum atomic E-state index is -0.0308. The molecule has 0 saturated carbocycles. The second-order valence-corrected chi connectivity index (χ2v) is 6.26. The van der Waals surface area contributed by atoms with Gasteiger partial charge in [-0.05, 0) is 12.5 Å². The predicted molar refractivity (Wildman–Crippen MR) is 104 cm³/mol. The number of carbonyl (C=O) groups excluding carboxylic acids is 1. The van der Waals surface area contributed by atoms with Gasteiger partial charge in [-0.3, -0.25) is 14.5 Å². The van der Waals surface area contributed by atoms with Gasteiger partial charge in [0.1, 0.15) is 12.2 Å². The lowest BCUT2D eigenvalue weighted by Crippen LogP contribution is -2.28. The van der Waals surface area contributed by atoms with E-state index in [1.807, 2.05) is 67.7 Å². The molecule has 1 N–H and O–H groups in total. The highest BCUT2D eigenvalue weighted by Crippen LogP contribution is 2.31. The Morgan fingerprint density at radius 3 is 2.62 bits per heavy atom. The predicted octanol–water partition coefficient (Wildman–Crippen LogP) is 3.78. The second kappa shape index (κ2) is 6.96. The molecule has 26 heavy (non-hydrogen) atoms. The molecule has 0 saturated heterocycles. The Balaban J connectivity index is 1.91. The summed E-state index contributed by atoms with van der Waals surface area (Å²) in [4.78, 5) is 16.9. The lowest BCUT2D eigenvalue weighted by molar-refractivity contribution is -0.121. The zero-order valence-corrected chi connectivity index (χ0v) is 14.6. The number of hydrogen-bond acceptors (Lipinski definition) is 3. The molecule has 5 nitrogen and oxygen atoms in total. The summed E-state index contributed by atoms with van der Waals surface area (Å²) < 4.78 is 1.80. The molecule has 0 atom stereocenters. The number of nitrogens with one attached hydrogen (secondary N) is 1. The Morgan fingerprint density at radius 2 is 1.81 bits per heavy atom. The van der Waals surface area contributed by atoms with E-state index in [1.165, 1.54) is 0 Å². The highest BCUT2D eigenvalue weighted by atomic mass is 16.2. The minimum Gasteiger partial charge on any atom is -0.355 e. The van der Waals surface area contributed by atoms with E-state index in [1.54, 1.807) is 4.68 Å². The van der Waals surface area contributed by atoms with Gasteiger partial charge in [0.25, 0.3) is 0 Å². The average Bonchev–Trinajstić information content (AvgIpc) is 3.06. The van der Waals surface area contributed by atoms with Crippen LogP contribution in [0.25, 0.3) is 33.1 Å². The Labute approximate surface area is 151 Å². The lowest BCUT2D eigenvalue weighted by atomic mass is 10.1. The van der Waals surface area contributed by atoms with E-state index in [2.05, 4.69) is 10.3 Å². The SMILES string of the molecule is CCCNC(=O)Cn1nc(-c2ccccc2)c2cnc3ccccc3c21. The van der Waals surface area contributed by atoms with Crippen molar-refractivity contribution >= 4 is 27.7 Å². The van der Waals surface area contributed by atoms with Gasteiger partial charge in [-0.2, -0.15) is 5.10 Å². The number of rotatable bonds is 5. The smallest absolute Gasteiger partial charge is 0.241 e. The Morgan fingerprint density at radius 1 is 1.04 bits per heavy atom. The van der Waals surface area contributed by atoms with Crippen LogP contribution in [0, 0.1) is 0 Å². The van der Waals surface area contributed by atoms with Crippen molar-refractivity contribution in [1.29, 1.82) is 0 Å². The number of carbonyl (C=O) groups is 1. The van der Waals surface area contributed by atoms with E-state index in [0.717, 1.165) is 39.5 Å². The van der Waals surface area contributed by atoms with E-state index >= 15 is 0 Å². The van der Waals surface area contributed by atoms with Crippen LogP contribution in [-0.4, -0.2) is 27.2 Å². The van der Waals surface area contributed by atoms with Crippen molar-refractivity contribution in [2.24, 2.45) is 0 Å². The van der Waals surface area contributed by atoms with Gasteiger partial charge in [0.2, 0.25) is 5.91 Å². The first-order valence-electron chi connectivity index (χ1n) is 8.84. The largest absolute Gasteiger partial charge is 0.355 e. The van der Waals surface area contributed by atoms with Crippen LogP contribution in [-0.2, 0) is 11.3 Å². The van der Waals surface area contributed by atoms with Crippen molar-refractivity contribution in [3.05, 3.63) is 60.8 Å². The van der Waals surface area contributed by atoms with Crippen LogP contribution in [0.15, 0.2) is 60.8 Å². The molecule has 1 amide bonds. The van der Waals surface area contributed by atoms with Crippen LogP contribution >= 0.6 is 0 Å². The van der Waals surface area contributed by atoms with Gasteiger partial charge in [-0.25, -0.2) is 0 Å². The van der Waals surface area contributed by atoms with E-state index in [-0.39, 0.29) is 12.5 Å². The number of aromatic nitrogens is 3. The van der Waals surface area contributed by atoms with Crippen LogP contribution in [0.5, 0.6) is 0 Å². The van der Waals surface area contributed by atoms with Crippen LogP contribution in [0.3, 0.4) is 0 Å². The van der Waals surface area contributed by atoms with Crippen molar-refractivity contribution in [1.82, 2.24) is 20.1 Å². The Hall–Kier alpha value is -3.21. The maximum Gasteiger partial charge on any atom is 0.241 e. The molecule has 0 aliphatic carbocycles. The third-order valence-electron chi connectivity index (χ3n) is 4.39. The first-order valence-corrected chi connectivity index (χ1v) is 8.84. The van der Waals surface area contributed by atoms with Gasteiger partial charge in [0.05, 0.1) is 11.0 Å². The van der Waals surface area contributed by atoms with E-state index in [9.17, 15) is 4.79 Å². The number of para-hydroxylation sites is 1. The fourth-order valence-corrected chi connectivity index (χ4v) is 3.18. The molecule has 5 heteroatoms. The summed E-state index contributed by atoms with van der Waals surface area (Å²) in [5.41, 5.74) is 3.71. The molecule has 0 unspecified atom stereocenters. The van der Waals surface area contributed by atoms with Crippen LogP contribution in [0.1, 0.15) is 13.3 Å². The maximum atomic E-state index is 12.3. The van der Waals surface area contributed by atoms with Crippen molar-refractivity contribution in [3.8, 4) is 11.3 Å². The molecule has 2 aromatic heterocycles. The molecular formula is C21H20N4O. The van der Waals surface area contributed by atoms with Crippen molar-refractivity contribution in [2.75, 3.05) is 6.54 Å². The number of nitrogens with zero attached hydrogens (tertiary/aromatic N) is 3. The number of fused-ring (bicyclic) bond motifs is 3. The van der Waals surface area contributed by atoms with Crippen LogP contribution < -0.4 is 5.32 Å². The summed E-state index contributed by atoms with van der Waals surface area (Å²) in [6, 6.07) is 18.0. The Bertz CT molecular complexity index is 1070. The van der Waals surface area contributed by atoms with Crippen molar-refractivity contribution in [3.63, 3.8) is 0 Å². The molecule has 0 fully saturated rings. The van der Waals surface area contributed by atoms with E-state index in [0.29, 0.717) is 6.54 Å². The molecule has 0 spiro atoms. The third-order valence-corrected chi connectivity index (χ3v) is 4.39. The molecule has 4 rings (SSSR count). The number of pyridine rings is 1. The quantitative estimate of drug-likeness (QED) is 0.599. The standard InChI is InChI=1S/C21H20N4O/c1-2-12-22-19(26)14-25-21-16-10-6-7-11-18(16)23-13-17(21)20(24-25)15-8-4-3-5-9-15/h3-11,13H,2,12,14H2,1H3,(H,22,26). The topological polar surface area (TPSA) is 59.8 Å². The summed E-state index contributed by atoms with van der Waals surface area (Å²) in [5, 5.41) is 9.66. The van der Waals surface area contributed by atoms with E-state index in [4.69, 9.17) is 5.10 Å². The highest BCUT2D eigenvalue weighted by molar-refractivity contribution is 6.08. The fourth-order valence-electron chi connectivity index (χ4n) is 3.18. The highest BCUT2D eigenvalue weighted by Gasteiger charge is 2.17. The fraction of sp³-hybridized carbons (Fsp3) is 0.190. The summed E-state index contributed by atoms with van der Waals surface area (Å²) in [6.07, 6.45) is 2.77. The lowest BCUT2D eigenvalue weighted by Gasteiger charge is -2.06. The van der Waals surface area contributed by atoms with Gasteiger partial charge in [0, 0.05) is 29.1 Å². The van der Waals surface area contributed by atoms with E-state index < -0.39 is 0 Å². The van der Waals surface area contributed by atoms with Crippen molar-refractivity contribution in [2.45, 2.75) is 19.9 Å². The zero-order chi connectivity index (χ0) is 17.9. The first kappa shape index (κ1) is 16.3. The summed E-state index contributed by atoms with van der Waals surface area (Å²) in [5.74, 6) is -0.0308. The Kier molecular flexibility index (Phi) is 4.35. The summed E-state index contributed by atoms with van der Waals surface area (Å²) in [7, 11) is 0. The summed E-state index contributed by atoms with van der Waals surface area (Å²) >= 11 is 0. The molecular weight excluding hydrogens is 324 g/mol. The molecule has 130 valence electrons. The second-order valence-electron chi connectivity index (χ2n) is 6.26. The first-order chi connectivity index (χ1) is 12.8. The summed E-state index contributed by atoms with van der Waals surface area (Å²) in [6.45, 7) is 2.90. The molecule has 2 aromatic carbocycles. The number of hydrogen-bond donors (Lipinski definition) is 1. The maximum absolute atomic E-state index is 12.3. The normalized spacial score (nSPS) is 11.1. The zero-order valence-electron chi connectivity index (χ0n) is 14.6. The third kappa shape index (κ3) is 2.92. The average molecular weight is 344 g/mol. The van der Waals surface area contributed by atoms with Gasteiger partial charge in [-0.15, -0.1) is 0 Å². The van der Waals surface area contributed by atoms with Gasteiger partial charge in [0.15, 0.2) is 0 Å². The van der Waals surface area contributed by atoms with Gasteiger partial charge in [-0.1, -0.05) is 55.5 Å². The molecule has 0 radical (unpaired) electrons. The van der Waals surface area contributed by atoms with Crippen LogP contribution in [0.4, 0.5) is 0 Å². The molecule has 4 aromatic rings. The van der Waals surface area contributed by atoms with Gasteiger partial charge >= 0.3 is 0 Å². The van der Waals surface area contributed by atoms with Crippen LogP contribution in [0.2, 0.25) is 0 Å². The molecule has 0 aliphatic rings. The molecule has 2 heterocycles. The number of amides is 1. The molecule has 0 bridgehead atoms. The molecule has 0 aliphatic heterocycles. The minimum absolute atomic E-state index is 0.0308. The van der Waals surface area contributed by atoms with Crippen molar-refractivity contribution < 1.29 is 4.79 Å². The monoisotopic (exact) mass is 344 g/mol.